The Morgan fingerprint density at radius 3 is 2.75 bits per heavy atom. The molecule has 20 heavy (non-hydrogen) atoms. The molecule has 0 heterocycles. The van der Waals surface area contributed by atoms with Crippen molar-refractivity contribution in [1.29, 1.82) is 0 Å². The Bertz CT molecular complexity index is 538. The molecule has 0 aliphatic heterocycles. The first-order chi connectivity index (χ1) is 9.68. The second-order valence-electron chi connectivity index (χ2n) is 7.24. The molecular weight excluding hydrogens is 248 g/mol. The van der Waals surface area contributed by atoms with E-state index in [4.69, 9.17) is 0 Å². The van der Waals surface area contributed by atoms with Crippen molar-refractivity contribution >= 4 is 5.97 Å². The van der Waals surface area contributed by atoms with Crippen molar-refractivity contribution in [1.82, 2.24) is 0 Å². The van der Waals surface area contributed by atoms with Crippen LogP contribution in [0.3, 0.4) is 0 Å². The monoisotopic (exact) mass is 270 g/mol. The highest BCUT2D eigenvalue weighted by Crippen LogP contribution is 2.62. The first-order valence-electron chi connectivity index (χ1n) is 7.99. The third kappa shape index (κ3) is 1.88. The zero-order valence-corrected chi connectivity index (χ0v) is 11.8. The quantitative estimate of drug-likeness (QED) is 0.901. The molecule has 0 saturated heterocycles. The molecule has 3 atom stereocenters. The lowest BCUT2D eigenvalue weighted by atomic mass is 9.70. The summed E-state index contributed by atoms with van der Waals surface area (Å²) in [4.78, 5) is 11.9. The number of hydrogen-bond donors (Lipinski definition) is 1. The van der Waals surface area contributed by atoms with Gasteiger partial charge in [-0.25, -0.2) is 0 Å². The molecule has 1 aromatic carbocycles. The summed E-state index contributed by atoms with van der Waals surface area (Å²) in [5, 5.41) is 9.78. The van der Waals surface area contributed by atoms with Crippen molar-refractivity contribution in [2.75, 3.05) is 0 Å². The molecule has 2 heteroatoms. The van der Waals surface area contributed by atoms with Crippen molar-refractivity contribution in [2.45, 2.75) is 50.9 Å². The smallest absolute Gasteiger partial charge is 0.309 e. The average molecular weight is 270 g/mol. The van der Waals surface area contributed by atoms with Gasteiger partial charge >= 0.3 is 5.97 Å². The SMILES string of the molecule is O=C(O)C1(CC2CCCc3ccccc32)CC2CC2C1. The lowest BCUT2D eigenvalue weighted by Crippen LogP contribution is -2.32. The fourth-order valence-corrected chi connectivity index (χ4v) is 4.86. The number of fused-ring (bicyclic) bond motifs is 2. The summed E-state index contributed by atoms with van der Waals surface area (Å²) in [6.07, 6.45) is 7.57. The molecule has 3 aliphatic rings. The summed E-state index contributed by atoms with van der Waals surface area (Å²) in [6, 6.07) is 8.67. The van der Waals surface area contributed by atoms with E-state index in [1.54, 1.807) is 0 Å². The number of carbonyl (C=O) groups is 1. The molecule has 0 radical (unpaired) electrons. The van der Waals surface area contributed by atoms with Gasteiger partial charge < -0.3 is 5.11 Å². The van der Waals surface area contributed by atoms with Gasteiger partial charge in [-0.3, -0.25) is 4.79 Å². The first kappa shape index (κ1) is 12.4. The summed E-state index contributed by atoms with van der Waals surface area (Å²) < 4.78 is 0. The molecule has 2 nitrogen and oxygen atoms in total. The lowest BCUT2D eigenvalue weighted by molar-refractivity contribution is -0.150. The number of aryl methyl sites for hydroxylation is 1. The molecule has 2 fully saturated rings. The summed E-state index contributed by atoms with van der Waals surface area (Å²) in [5.74, 6) is 1.39. The Hall–Kier alpha value is -1.31. The molecular formula is C18H22O2. The van der Waals surface area contributed by atoms with Gasteiger partial charge in [-0.1, -0.05) is 24.3 Å². The van der Waals surface area contributed by atoms with Gasteiger partial charge in [-0.2, -0.15) is 0 Å². The van der Waals surface area contributed by atoms with Crippen LogP contribution in [-0.2, 0) is 11.2 Å². The molecule has 0 bridgehead atoms. The van der Waals surface area contributed by atoms with Gasteiger partial charge in [0.2, 0.25) is 0 Å². The normalized spacial score (nSPS) is 38.1. The maximum atomic E-state index is 11.9. The number of carboxylic acids is 1. The van der Waals surface area contributed by atoms with E-state index >= 15 is 0 Å². The highest BCUT2D eigenvalue weighted by atomic mass is 16.4. The van der Waals surface area contributed by atoms with E-state index in [1.165, 1.54) is 30.4 Å². The summed E-state index contributed by atoms with van der Waals surface area (Å²) in [5.41, 5.74) is 2.47. The van der Waals surface area contributed by atoms with Gasteiger partial charge in [-0.15, -0.1) is 0 Å². The molecule has 4 rings (SSSR count). The Balaban J connectivity index is 1.61. The fourth-order valence-electron chi connectivity index (χ4n) is 4.86. The highest BCUT2D eigenvalue weighted by Gasteiger charge is 2.58. The van der Waals surface area contributed by atoms with Gasteiger partial charge in [0.05, 0.1) is 5.41 Å². The predicted molar refractivity (Wildman–Crippen MR) is 77.6 cm³/mol. The number of hydrogen-bond acceptors (Lipinski definition) is 1. The predicted octanol–water partition coefficient (Wildman–Crippen LogP) is 4.00. The third-order valence-electron chi connectivity index (χ3n) is 5.96. The lowest BCUT2D eigenvalue weighted by Gasteiger charge is -2.34. The van der Waals surface area contributed by atoms with Crippen molar-refractivity contribution in [3.05, 3.63) is 35.4 Å². The molecule has 3 unspecified atom stereocenters. The fraction of sp³-hybridized carbons (Fsp3) is 0.611. The minimum Gasteiger partial charge on any atom is -0.481 e. The van der Waals surface area contributed by atoms with Crippen LogP contribution < -0.4 is 0 Å². The Kier molecular flexibility index (Phi) is 2.70. The van der Waals surface area contributed by atoms with Crippen LogP contribution in [0.2, 0.25) is 0 Å². The van der Waals surface area contributed by atoms with Crippen LogP contribution in [0.1, 0.15) is 55.6 Å². The third-order valence-corrected chi connectivity index (χ3v) is 5.96. The zero-order valence-electron chi connectivity index (χ0n) is 11.8. The van der Waals surface area contributed by atoms with Crippen LogP contribution in [0.5, 0.6) is 0 Å². The van der Waals surface area contributed by atoms with Gasteiger partial charge in [0.1, 0.15) is 0 Å². The van der Waals surface area contributed by atoms with Crippen molar-refractivity contribution in [3.8, 4) is 0 Å². The van der Waals surface area contributed by atoms with Gasteiger partial charge in [0.25, 0.3) is 0 Å². The largest absolute Gasteiger partial charge is 0.481 e. The van der Waals surface area contributed by atoms with Crippen LogP contribution in [0.4, 0.5) is 0 Å². The Morgan fingerprint density at radius 2 is 2.00 bits per heavy atom. The zero-order chi connectivity index (χ0) is 13.7. The van der Waals surface area contributed by atoms with E-state index in [0.29, 0.717) is 5.92 Å². The summed E-state index contributed by atoms with van der Waals surface area (Å²) >= 11 is 0. The second-order valence-corrected chi connectivity index (χ2v) is 7.24. The van der Waals surface area contributed by atoms with Gasteiger partial charge in [0, 0.05) is 0 Å². The van der Waals surface area contributed by atoms with Crippen molar-refractivity contribution in [2.24, 2.45) is 17.3 Å². The van der Waals surface area contributed by atoms with E-state index < -0.39 is 11.4 Å². The van der Waals surface area contributed by atoms with Crippen LogP contribution in [-0.4, -0.2) is 11.1 Å². The molecule has 3 aliphatic carbocycles. The topological polar surface area (TPSA) is 37.3 Å². The molecule has 1 aromatic rings. The molecule has 0 spiro atoms. The van der Waals surface area contributed by atoms with Gasteiger partial charge in [0.15, 0.2) is 0 Å². The average Bonchev–Trinajstić information content (AvgIpc) is 3.07. The summed E-state index contributed by atoms with van der Waals surface area (Å²) in [6.45, 7) is 0. The molecule has 1 N–H and O–H groups in total. The van der Waals surface area contributed by atoms with E-state index in [9.17, 15) is 9.90 Å². The van der Waals surface area contributed by atoms with E-state index in [0.717, 1.165) is 37.5 Å². The highest BCUT2D eigenvalue weighted by molar-refractivity contribution is 5.75. The number of aliphatic carboxylic acids is 1. The van der Waals surface area contributed by atoms with Crippen molar-refractivity contribution in [3.63, 3.8) is 0 Å². The standard InChI is InChI=1S/C18H22O2/c19-17(20)18(10-14-8-15(14)11-18)9-13-6-3-5-12-4-1-2-7-16(12)13/h1-2,4,7,13-15H,3,5-6,8-11H2,(H,19,20). The van der Waals surface area contributed by atoms with Gasteiger partial charge in [-0.05, 0) is 73.8 Å². The van der Waals surface area contributed by atoms with Crippen molar-refractivity contribution < 1.29 is 9.90 Å². The maximum absolute atomic E-state index is 11.9. The van der Waals surface area contributed by atoms with Crippen LogP contribution in [0.25, 0.3) is 0 Å². The van der Waals surface area contributed by atoms with Crippen LogP contribution >= 0.6 is 0 Å². The first-order valence-corrected chi connectivity index (χ1v) is 7.99. The molecule has 106 valence electrons. The van der Waals surface area contributed by atoms with Crippen LogP contribution in [0, 0.1) is 17.3 Å². The number of rotatable bonds is 3. The summed E-state index contributed by atoms with van der Waals surface area (Å²) in [7, 11) is 0. The maximum Gasteiger partial charge on any atom is 0.309 e. The minimum atomic E-state index is -0.534. The van der Waals surface area contributed by atoms with E-state index in [2.05, 4.69) is 24.3 Å². The molecule has 0 amide bonds. The van der Waals surface area contributed by atoms with E-state index in [1.807, 2.05) is 0 Å². The number of carboxylic acid groups (broad SMARTS) is 1. The van der Waals surface area contributed by atoms with Crippen LogP contribution in [0.15, 0.2) is 24.3 Å². The van der Waals surface area contributed by atoms with E-state index in [-0.39, 0.29) is 0 Å². The molecule has 2 saturated carbocycles. The minimum absolute atomic E-state index is 0.414. The molecule has 0 aromatic heterocycles. The number of benzene rings is 1. The second kappa shape index (κ2) is 4.34. The Morgan fingerprint density at radius 1 is 1.25 bits per heavy atom. The Labute approximate surface area is 120 Å².